The lowest BCUT2D eigenvalue weighted by Gasteiger charge is -1.98. The van der Waals surface area contributed by atoms with E-state index in [1.165, 1.54) is 18.4 Å². The highest BCUT2D eigenvalue weighted by atomic mass is 16.5. The van der Waals surface area contributed by atoms with Gasteiger partial charge in [-0.3, -0.25) is 0 Å². The first-order valence-corrected chi connectivity index (χ1v) is 6.40. The van der Waals surface area contributed by atoms with E-state index in [1.54, 1.807) is 6.92 Å². The molecule has 2 aromatic rings. The van der Waals surface area contributed by atoms with Crippen LogP contribution in [0.15, 0.2) is 18.2 Å². The third kappa shape index (κ3) is 2.70. The first-order valence-electron chi connectivity index (χ1n) is 6.40. The maximum atomic E-state index is 11.6. The minimum Gasteiger partial charge on any atom is -0.460 e. The quantitative estimate of drug-likeness (QED) is 0.825. The molecule has 0 aliphatic rings. The summed E-state index contributed by atoms with van der Waals surface area (Å²) in [6.45, 7) is 4.31. The molecular formula is C14H18N2O2. The van der Waals surface area contributed by atoms with Crippen molar-refractivity contribution < 1.29 is 9.53 Å². The van der Waals surface area contributed by atoms with E-state index < -0.39 is 5.97 Å². The van der Waals surface area contributed by atoms with Crippen molar-refractivity contribution in [1.82, 2.24) is 9.97 Å². The van der Waals surface area contributed by atoms with Gasteiger partial charge in [-0.05, 0) is 37.5 Å². The molecule has 0 radical (unpaired) electrons. The smallest absolute Gasteiger partial charge is 0.374 e. The summed E-state index contributed by atoms with van der Waals surface area (Å²) in [6, 6.07) is 6.06. The Hall–Kier alpha value is -1.84. The van der Waals surface area contributed by atoms with E-state index in [0.717, 1.165) is 17.5 Å². The van der Waals surface area contributed by atoms with Crippen molar-refractivity contribution in [3.8, 4) is 0 Å². The number of hydrogen-bond donors (Lipinski definition) is 1. The Bertz CT molecular complexity index is 546. The zero-order valence-electron chi connectivity index (χ0n) is 10.8. The van der Waals surface area contributed by atoms with Gasteiger partial charge in [0.05, 0.1) is 17.6 Å². The van der Waals surface area contributed by atoms with Crippen molar-refractivity contribution in [2.45, 2.75) is 33.1 Å². The molecule has 96 valence electrons. The van der Waals surface area contributed by atoms with E-state index in [9.17, 15) is 4.79 Å². The molecule has 0 bridgehead atoms. The number of aryl methyl sites for hydroxylation is 1. The number of carbonyl (C=O) groups excluding carboxylic acids is 1. The van der Waals surface area contributed by atoms with Gasteiger partial charge < -0.3 is 9.72 Å². The fraction of sp³-hybridized carbons (Fsp3) is 0.429. The van der Waals surface area contributed by atoms with Gasteiger partial charge >= 0.3 is 5.97 Å². The lowest BCUT2D eigenvalue weighted by molar-refractivity contribution is 0.0514. The van der Waals surface area contributed by atoms with Crippen LogP contribution in [0.25, 0.3) is 11.0 Å². The zero-order valence-corrected chi connectivity index (χ0v) is 10.8. The highest BCUT2D eigenvalue weighted by molar-refractivity contribution is 5.90. The number of aromatic nitrogens is 2. The summed E-state index contributed by atoms with van der Waals surface area (Å²) < 4.78 is 4.92. The van der Waals surface area contributed by atoms with E-state index in [-0.39, 0.29) is 5.82 Å². The lowest BCUT2D eigenvalue weighted by atomic mass is 10.1. The molecular weight excluding hydrogens is 228 g/mol. The van der Waals surface area contributed by atoms with Crippen LogP contribution in [0.5, 0.6) is 0 Å². The van der Waals surface area contributed by atoms with Crippen molar-refractivity contribution in [3.05, 3.63) is 29.6 Å². The van der Waals surface area contributed by atoms with E-state index in [4.69, 9.17) is 4.74 Å². The third-order valence-corrected chi connectivity index (χ3v) is 2.83. The van der Waals surface area contributed by atoms with E-state index in [2.05, 4.69) is 29.0 Å². The molecule has 0 aliphatic heterocycles. The van der Waals surface area contributed by atoms with Crippen LogP contribution in [0.3, 0.4) is 0 Å². The Kier molecular flexibility index (Phi) is 3.97. The van der Waals surface area contributed by atoms with Crippen LogP contribution >= 0.6 is 0 Å². The fourth-order valence-electron chi connectivity index (χ4n) is 1.89. The molecule has 4 nitrogen and oxygen atoms in total. The van der Waals surface area contributed by atoms with Gasteiger partial charge in [-0.25, -0.2) is 9.78 Å². The molecule has 0 saturated carbocycles. The second kappa shape index (κ2) is 5.67. The summed E-state index contributed by atoms with van der Waals surface area (Å²) >= 11 is 0. The number of rotatable bonds is 5. The van der Waals surface area contributed by atoms with Crippen LogP contribution < -0.4 is 0 Å². The topological polar surface area (TPSA) is 55.0 Å². The molecule has 2 rings (SSSR count). The van der Waals surface area contributed by atoms with Gasteiger partial charge in [0.25, 0.3) is 0 Å². The molecule has 1 heterocycles. The van der Waals surface area contributed by atoms with Crippen LogP contribution in [0.4, 0.5) is 0 Å². The van der Waals surface area contributed by atoms with Gasteiger partial charge in [0, 0.05) is 0 Å². The van der Waals surface area contributed by atoms with Gasteiger partial charge in [-0.1, -0.05) is 19.4 Å². The van der Waals surface area contributed by atoms with E-state index in [0.29, 0.717) is 6.61 Å². The lowest BCUT2D eigenvalue weighted by Crippen LogP contribution is -2.06. The van der Waals surface area contributed by atoms with Crippen molar-refractivity contribution in [1.29, 1.82) is 0 Å². The van der Waals surface area contributed by atoms with Crippen molar-refractivity contribution >= 4 is 17.0 Å². The monoisotopic (exact) mass is 246 g/mol. The number of imidazole rings is 1. The van der Waals surface area contributed by atoms with Crippen LogP contribution in [-0.2, 0) is 11.2 Å². The standard InChI is InChI=1S/C14H18N2O2/c1-3-5-6-10-7-8-11-12(9-10)16-13(15-11)14(17)18-4-2/h7-9H,3-6H2,1-2H3,(H,15,16). The summed E-state index contributed by atoms with van der Waals surface area (Å²) in [5, 5.41) is 0. The molecule has 0 unspecified atom stereocenters. The molecule has 0 aliphatic carbocycles. The predicted octanol–water partition coefficient (Wildman–Crippen LogP) is 3.08. The van der Waals surface area contributed by atoms with Gasteiger partial charge in [-0.2, -0.15) is 0 Å². The van der Waals surface area contributed by atoms with E-state index >= 15 is 0 Å². The number of unbranched alkanes of at least 4 members (excludes halogenated alkanes) is 1. The molecule has 1 aromatic heterocycles. The minimum absolute atomic E-state index is 0.277. The highest BCUT2D eigenvalue weighted by Gasteiger charge is 2.12. The van der Waals surface area contributed by atoms with Crippen LogP contribution in [0, 0.1) is 0 Å². The SMILES string of the molecule is CCCCc1ccc2nc(C(=O)OCC)[nH]c2c1. The second-order valence-corrected chi connectivity index (χ2v) is 4.26. The van der Waals surface area contributed by atoms with Crippen LogP contribution in [0.2, 0.25) is 0 Å². The summed E-state index contributed by atoms with van der Waals surface area (Å²) in [5.74, 6) is -0.122. The van der Waals surface area contributed by atoms with Crippen molar-refractivity contribution in [2.24, 2.45) is 0 Å². The molecule has 0 amide bonds. The fourth-order valence-corrected chi connectivity index (χ4v) is 1.89. The largest absolute Gasteiger partial charge is 0.460 e. The van der Waals surface area contributed by atoms with Gasteiger partial charge in [0.15, 0.2) is 0 Å². The number of ether oxygens (including phenoxy) is 1. The zero-order chi connectivity index (χ0) is 13.0. The Morgan fingerprint density at radius 2 is 2.22 bits per heavy atom. The Morgan fingerprint density at radius 3 is 2.94 bits per heavy atom. The predicted molar refractivity (Wildman–Crippen MR) is 70.7 cm³/mol. The number of aromatic amines is 1. The van der Waals surface area contributed by atoms with E-state index in [1.807, 2.05) is 6.07 Å². The van der Waals surface area contributed by atoms with Gasteiger partial charge in [-0.15, -0.1) is 0 Å². The first kappa shape index (κ1) is 12.6. The summed E-state index contributed by atoms with van der Waals surface area (Å²) in [5.41, 5.74) is 2.97. The van der Waals surface area contributed by atoms with Crippen molar-refractivity contribution in [2.75, 3.05) is 6.61 Å². The Balaban J connectivity index is 2.25. The number of H-pyrrole nitrogens is 1. The number of benzene rings is 1. The molecule has 0 saturated heterocycles. The normalized spacial score (nSPS) is 10.8. The molecule has 0 atom stereocenters. The molecule has 0 spiro atoms. The molecule has 18 heavy (non-hydrogen) atoms. The number of esters is 1. The number of carbonyl (C=O) groups is 1. The van der Waals surface area contributed by atoms with Gasteiger partial charge in [0.2, 0.25) is 5.82 Å². The summed E-state index contributed by atoms with van der Waals surface area (Å²) in [7, 11) is 0. The minimum atomic E-state index is -0.399. The second-order valence-electron chi connectivity index (χ2n) is 4.26. The molecule has 4 heteroatoms. The van der Waals surface area contributed by atoms with Crippen LogP contribution in [0.1, 0.15) is 42.9 Å². The summed E-state index contributed by atoms with van der Waals surface area (Å²) in [6.07, 6.45) is 3.40. The Labute approximate surface area is 106 Å². The third-order valence-electron chi connectivity index (χ3n) is 2.83. The first-order chi connectivity index (χ1) is 8.74. The highest BCUT2D eigenvalue weighted by Crippen LogP contribution is 2.16. The number of nitrogens with zero attached hydrogens (tertiary/aromatic N) is 1. The maximum Gasteiger partial charge on any atom is 0.374 e. The summed E-state index contributed by atoms with van der Waals surface area (Å²) in [4.78, 5) is 18.8. The van der Waals surface area contributed by atoms with Gasteiger partial charge in [0.1, 0.15) is 0 Å². The van der Waals surface area contributed by atoms with Crippen molar-refractivity contribution in [3.63, 3.8) is 0 Å². The maximum absolute atomic E-state index is 11.6. The number of fused-ring (bicyclic) bond motifs is 1. The molecule has 0 fully saturated rings. The number of nitrogens with one attached hydrogen (secondary N) is 1. The average Bonchev–Trinajstić information content (AvgIpc) is 2.79. The molecule has 1 aromatic carbocycles. The Morgan fingerprint density at radius 1 is 1.39 bits per heavy atom. The molecule has 1 N–H and O–H groups in total. The number of hydrogen-bond acceptors (Lipinski definition) is 3. The van der Waals surface area contributed by atoms with Crippen LogP contribution in [-0.4, -0.2) is 22.5 Å². The average molecular weight is 246 g/mol.